The smallest absolute Gasteiger partial charge is 0.164 e. The highest BCUT2D eigenvalue weighted by molar-refractivity contribution is 5.86. The van der Waals surface area contributed by atoms with Crippen LogP contribution in [0.25, 0.3) is 11.0 Å². The number of nitrogen functional groups attached to an aromatic ring is 1. The molecule has 3 aromatic rings. The molecule has 1 saturated heterocycles. The summed E-state index contributed by atoms with van der Waals surface area (Å²) in [5, 5.41) is 33.2. The first-order valence-electron chi connectivity index (χ1n) is 9.31. The van der Waals surface area contributed by atoms with Crippen LogP contribution in [0.2, 0.25) is 0 Å². The number of benzene rings is 1. The summed E-state index contributed by atoms with van der Waals surface area (Å²) in [4.78, 5) is 8.17. The van der Waals surface area contributed by atoms with E-state index in [1.54, 1.807) is 23.8 Å². The van der Waals surface area contributed by atoms with Gasteiger partial charge in [0.1, 0.15) is 41.7 Å². The highest BCUT2D eigenvalue weighted by Gasteiger charge is 2.52. The molecule has 1 aliphatic carbocycles. The Bertz CT molecular complexity index is 1060. The topological polar surface area (TPSA) is 127 Å². The summed E-state index contributed by atoms with van der Waals surface area (Å²) < 4.78 is 7.60. The molecule has 5 N–H and O–H groups in total. The quantitative estimate of drug-likeness (QED) is 0.523. The second-order valence-corrected chi connectivity index (χ2v) is 7.78. The predicted octanol–water partition coefficient (Wildman–Crippen LogP) is 0.639. The molecule has 0 amide bonds. The second kappa shape index (κ2) is 5.99. The lowest BCUT2D eigenvalue weighted by Crippen LogP contribution is -2.45. The average molecular weight is 382 g/mol. The number of nitrogens with two attached hydrogens (primary N) is 1. The maximum Gasteiger partial charge on any atom is 0.164 e. The number of aromatic nitrogens is 3. The lowest BCUT2D eigenvalue weighted by molar-refractivity contribution is -0.135. The van der Waals surface area contributed by atoms with Crippen LogP contribution in [-0.4, -0.2) is 48.2 Å². The zero-order chi connectivity index (χ0) is 19.6. The minimum atomic E-state index is -1.48. The normalized spacial score (nSPS) is 28.7. The largest absolute Gasteiger partial charge is 0.387 e. The van der Waals surface area contributed by atoms with E-state index in [-0.39, 0.29) is 0 Å². The second-order valence-electron chi connectivity index (χ2n) is 7.78. The molecule has 5 rings (SSSR count). The van der Waals surface area contributed by atoms with Gasteiger partial charge in [0.25, 0.3) is 0 Å². The molecule has 146 valence electrons. The van der Waals surface area contributed by atoms with Gasteiger partial charge in [-0.05, 0) is 42.5 Å². The molecule has 0 spiro atoms. The van der Waals surface area contributed by atoms with Gasteiger partial charge in [-0.2, -0.15) is 0 Å². The van der Waals surface area contributed by atoms with Gasteiger partial charge in [-0.25, -0.2) is 9.97 Å². The van der Waals surface area contributed by atoms with Crippen LogP contribution in [0, 0.1) is 0 Å². The molecule has 2 aliphatic rings. The molecule has 28 heavy (non-hydrogen) atoms. The first-order valence-corrected chi connectivity index (χ1v) is 9.31. The number of aliphatic hydroxyl groups is 3. The fraction of sp³-hybridized carbons (Fsp3) is 0.400. The van der Waals surface area contributed by atoms with E-state index in [9.17, 15) is 15.3 Å². The molecule has 3 heterocycles. The van der Waals surface area contributed by atoms with Crippen molar-refractivity contribution in [3.05, 3.63) is 53.5 Å². The van der Waals surface area contributed by atoms with Crippen molar-refractivity contribution in [3.8, 4) is 0 Å². The van der Waals surface area contributed by atoms with E-state index >= 15 is 0 Å². The van der Waals surface area contributed by atoms with Crippen LogP contribution >= 0.6 is 0 Å². The Balaban J connectivity index is 1.50. The minimum Gasteiger partial charge on any atom is -0.387 e. The summed E-state index contributed by atoms with van der Waals surface area (Å²) in [5.41, 5.74) is 8.03. The Hall–Kier alpha value is -2.52. The number of aliphatic hydroxyl groups excluding tert-OH is 2. The Labute approximate surface area is 161 Å². The fourth-order valence-electron chi connectivity index (χ4n) is 4.22. The van der Waals surface area contributed by atoms with Gasteiger partial charge < -0.3 is 30.4 Å². The molecule has 8 nitrogen and oxygen atoms in total. The van der Waals surface area contributed by atoms with Crippen LogP contribution in [0.4, 0.5) is 5.82 Å². The third-order valence-electron chi connectivity index (χ3n) is 6.06. The third kappa shape index (κ3) is 2.39. The zero-order valence-electron chi connectivity index (χ0n) is 15.4. The molecule has 0 saturated carbocycles. The summed E-state index contributed by atoms with van der Waals surface area (Å²) in [7, 11) is 0. The van der Waals surface area contributed by atoms with Crippen LogP contribution in [0.5, 0.6) is 0 Å². The van der Waals surface area contributed by atoms with Gasteiger partial charge in [0, 0.05) is 6.20 Å². The maximum atomic E-state index is 11.2. The SMILES string of the molecule is C[C@@](O)(c1ccc2c(c1)CC2)[C@H]1O[C@@H](n2ccc3c(N)ncnc32)[C@H](O)[C@@H]1O. The van der Waals surface area contributed by atoms with Crippen LogP contribution in [0.15, 0.2) is 36.8 Å². The van der Waals surface area contributed by atoms with Crippen molar-refractivity contribution in [1.29, 1.82) is 0 Å². The van der Waals surface area contributed by atoms with E-state index in [1.807, 2.05) is 18.2 Å². The summed E-state index contributed by atoms with van der Waals surface area (Å²) >= 11 is 0. The third-order valence-corrected chi connectivity index (χ3v) is 6.06. The molecular formula is C20H22N4O4. The van der Waals surface area contributed by atoms with Crippen molar-refractivity contribution in [2.24, 2.45) is 0 Å². The zero-order valence-corrected chi connectivity index (χ0v) is 15.4. The molecule has 1 fully saturated rings. The predicted molar refractivity (Wildman–Crippen MR) is 101 cm³/mol. The standard InChI is InChI=1S/C20H22N4O4/c1-20(27,12-5-4-10-2-3-11(10)8-12)16-14(25)15(26)19(28-16)24-7-6-13-17(21)22-9-23-18(13)24/h4-9,14-16,19,25-27H,2-3H2,1H3,(H2,21,22,23)/t14-,15+,16-,19+,20+/m0/s1. The van der Waals surface area contributed by atoms with Gasteiger partial charge in [-0.15, -0.1) is 0 Å². The Kier molecular flexibility index (Phi) is 3.76. The van der Waals surface area contributed by atoms with Crippen LogP contribution < -0.4 is 5.73 Å². The van der Waals surface area contributed by atoms with Crippen molar-refractivity contribution in [3.63, 3.8) is 0 Å². The first-order chi connectivity index (χ1) is 13.4. The van der Waals surface area contributed by atoms with E-state index in [0.29, 0.717) is 22.4 Å². The van der Waals surface area contributed by atoms with Crippen molar-refractivity contribution in [2.45, 2.75) is 49.9 Å². The van der Waals surface area contributed by atoms with Crippen molar-refractivity contribution >= 4 is 16.9 Å². The summed E-state index contributed by atoms with van der Waals surface area (Å²) in [5.74, 6) is 0.322. The summed E-state index contributed by atoms with van der Waals surface area (Å²) in [6, 6.07) is 7.53. The summed E-state index contributed by atoms with van der Waals surface area (Å²) in [6.07, 6.45) is 0.603. The number of nitrogens with zero attached hydrogens (tertiary/aromatic N) is 3. The molecule has 8 heteroatoms. The van der Waals surface area contributed by atoms with Gasteiger partial charge >= 0.3 is 0 Å². The van der Waals surface area contributed by atoms with E-state index < -0.39 is 30.1 Å². The fourth-order valence-corrected chi connectivity index (χ4v) is 4.22. The van der Waals surface area contributed by atoms with Gasteiger partial charge in [0.05, 0.1) is 5.39 Å². The van der Waals surface area contributed by atoms with Crippen LogP contribution in [0.1, 0.15) is 29.8 Å². The molecule has 5 atom stereocenters. The van der Waals surface area contributed by atoms with E-state index in [0.717, 1.165) is 12.8 Å². The van der Waals surface area contributed by atoms with Gasteiger partial charge in [-0.1, -0.05) is 18.2 Å². The van der Waals surface area contributed by atoms with E-state index in [2.05, 4.69) is 9.97 Å². The molecule has 2 aromatic heterocycles. The number of rotatable bonds is 3. The molecule has 1 aliphatic heterocycles. The van der Waals surface area contributed by atoms with Crippen LogP contribution in [0.3, 0.4) is 0 Å². The van der Waals surface area contributed by atoms with Gasteiger partial charge in [-0.3, -0.25) is 0 Å². The Morgan fingerprint density at radius 1 is 1.14 bits per heavy atom. The number of fused-ring (bicyclic) bond motifs is 2. The molecule has 0 bridgehead atoms. The molecule has 1 aromatic carbocycles. The first kappa shape index (κ1) is 17.6. The molecule has 0 unspecified atom stereocenters. The number of aryl methyl sites for hydroxylation is 2. The highest BCUT2D eigenvalue weighted by Crippen LogP contribution is 2.41. The maximum absolute atomic E-state index is 11.2. The Morgan fingerprint density at radius 3 is 2.64 bits per heavy atom. The minimum absolute atomic E-state index is 0.322. The van der Waals surface area contributed by atoms with E-state index in [4.69, 9.17) is 10.5 Å². The summed E-state index contributed by atoms with van der Waals surface area (Å²) in [6.45, 7) is 1.60. The molecule has 0 radical (unpaired) electrons. The van der Waals surface area contributed by atoms with Crippen LogP contribution in [-0.2, 0) is 23.2 Å². The van der Waals surface area contributed by atoms with Gasteiger partial charge in [0.15, 0.2) is 6.23 Å². The van der Waals surface area contributed by atoms with Crippen molar-refractivity contribution < 1.29 is 20.1 Å². The number of hydrogen-bond donors (Lipinski definition) is 4. The number of hydrogen-bond acceptors (Lipinski definition) is 7. The average Bonchev–Trinajstić information content (AvgIpc) is 3.19. The van der Waals surface area contributed by atoms with Crippen molar-refractivity contribution in [2.75, 3.05) is 5.73 Å². The lowest BCUT2D eigenvalue weighted by atomic mass is 9.81. The number of anilines is 1. The van der Waals surface area contributed by atoms with Gasteiger partial charge in [0.2, 0.25) is 0 Å². The van der Waals surface area contributed by atoms with E-state index in [1.165, 1.54) is 17.5 Å². The molecular weight excluding hydrogens is 360 g/mol. The highest BCUT2D eigenvalue weighted by atomic mass is 16.6. The van der Waals surface area contributed by atoms with Crippen molar-refractivity contribution in [1.82, 2.24) is 14.5 Å². The Morgan fingerprint density at radius 2 is 1.93 bits per heavy atom. The monoisotopic (exact) mass is 382 g/mol. The lowest BCUT2D eigenvalue weighted by Gasteiger charge is -2.33. The number of ether oxygens (including phenoxy) is 1.